The Labute approximate surface area is 125 Å². The van der Waals surface area contributed by atoms with Crippen molar-refractivity contribution in [3.05, 3.63) is 35.9 Å². The van der Waals surface area contributed by atoms with Crippen molar-refractivity contribution in [2.45, 2.75) is 38.2 Å². The SMILES string of the molecule is O=C(NCCC1=CCCCC1)[C@H]1COc2ccccc2O1. The van der Waals surface area contributed by atoms with Gasteiger partial charge in [0.05, 0.1) is 0 Å². The van der Waals surface area contributed by atoms with Gasteiger partial charge in [-0.15, -0.1) is 0 Å². The number of amides is 1. The summed E-state index contributed by atoms with van der Waals surface area (Å²) in [6.45, 7) is 0.942. The molecule has 112 valence electrons. The second-order valence-corrected chi connectivity index (χ2v) is 5.51. The molecular formula is C17H21NO3. The van der Waals surface area contributed by atoms with Crippen molar-refractivity contribution in [1.82, 2.24) is 5.32 Å². The maximum Gasteiger partial charge on any atom is 0.264 e. The van der Waals surface area contributed by atoms with Crippen LogP contribution in [0.4, 0.5) is 0 Å². The molecule has 1 heterocycles. The van der Waals surface area contributed by atoms with Crippen LogP contribution in [-0.2, 0) is 4.79 Å². The summed E-state index contributed by atoms with van der Waals surface area (Å²) >= 11 is 0. The van der Waals surface area contributed by atoms with E-state index in [4.69, 9.17) is 9.47 Å². The number of hydrogen-bond donors (Lipinski definition) is 1. The van der Waals surface area contributed by atoms with Crippen LogP contribution in [-0.4, -0.2) is 25.2 Å². The van der Waals surface area contributed by atoms with Gasteiger partial charge in [-0.25, -0.2) is 0 Å². The number of fused-ring (bicyclic) bond motifs is 1. The molecule has 0 bridgehead atoms. The second kappa shape index (κ2) is 6.66. The van der Waals surface area contributed by atoms with E-state index in [1.165, 1.54) is 31.3 Å². The molecule has 1 N–H and O–H groups in total. The van der Waals surface area contributed by atoms with Crippen molar-refractivity contribution in [2.24, 2.45) is 0 Å². The molecule has 1 aliphatic carbocycles. The largest absolute Gasteiger partial charge is 0.485 e. The summed E-state index contributed by atoms with van der Waals surface area (Å²) in [5, 5.41) is 2.95. The molecule has 1 aliphatic heterocycles. The summed E-state index contributed by atoms with van der Waals surface area (Å²) in [5.41, 5.74) is 1.47. The molecule has 1 amide bonds. The van der Waals surface area contributed by atoms with Crippen LogP contribution >= 0.6 is 0 Å². The summed E-state index contributed by atoms with van der Waals surface area (Å²) in [7, 11) is 0. The van der Waals surface area contributed by atoms with Gasteiger partial charge < -0.3 is 14.8 Å². The highest BCUT2D eigenvalue weighted by Crippen LogP contribution is 2.30. The zero-order valence-electron chi connectivity index (χ0n) is 12.1. The Bertz CT molecular complexity index is 539. The van der Waals surface area contributed by atoms with E-state index in [0.717, 1.165) is 6.42 Å². The van der Waals surface area contributed by atoms with E-state index in [9.17, 15) is 4.79 Å². The first-order chi connectivity index (χ1) is 10.3. The Morgan fingerprint density at radius 2 is 2.10 bits per heavy atom. The van der Waals surface area contributed by atoms with Gasteiger partial charge >= 0.3 is 0 Å². The van der Waals surface area contributed by atoms with Crippen LogP contribution in [0.2, 0.25) is 0 Å². The topological polar surface area (TPSA) is 47.6 Å². The molecule has 4 nitrogen and oxygen atoms in total. The molecule has 0 unspecified atom stereocenters. The molecule has 0 saturated carbocycles. The molecule has 0 radical (unpaired) electrons. The van der Waals surface area contributed by atoms with Gasteiger partial charge in [-0.1, -0.05) is 23.8 Å². The number of nitrogens with one attached hydrogen (secondary N) is 1. The fourth-order valence-electron chi connectivity index (χ4n) is 2.74. The Balaban J connectivity index is 1.47. The highest BCUT2D eigenvalue weighted by atomic mass is 16.6. The first kappa shape index (κ1) is 14.0. The minimum absolute atomic E-state index is 0.0964. The van der Waals surface area contributed by atoms with Gasteiger partial charge in [-0.05, 0) is 44.2 Å². The van der Waals surface area contributed by atoms with Crippen LogP contribution in [0.15, 0.2) is 35.9 Å². The number of para-hydroxylation sites is 2. The zero-order valence-corrected chi connectivity index (χ0v) is 12.1. The quantitative estimate of drug-likeness (QED) is 0.866. The van der Waals surface area contributed by atoms with Crippen molar-refractivity contribution in [3.8, 4) is 11.5 Å². The minimum Gasteiger partial charge on any atom is -0.485 e. The third-order valence-corrected chi connectivity index (χ3v) is 3.93. The van der Waals surface area contributed by atoms with Gasteiger partial charge in [0.25, 0.3) is 5.91 Å². The van der Waals surface area contributed by atoms with Crippen LogP contribution in [0.25, 0.3) is 0 Å². The zero-order chi connectivity index (χ0) is 14.5. The highest BCUT2D eigenvalue weighted by molar-refractivity contribution is 5.81. The van der Waals surface area contributed by atoms with Crippen molar-refractivity contribution < 1.29 is 14.3 Å². The van der Waals surface area contributed by atoms with Crippen LogP contribution in [0, 0.1) is 0 Å². The van der Waals surface area contributed by atoms with Gasteiger partial charge in [0.2, 0.25) is 6.10 Å². The molecule has 1 atom stereocenters. The Morgan fingerprint density at radius 1 is 1.24 bits per heavy atom. The highest BCUT2D eigenvalue weighted by Gasteiger charge is 2.26. The van der Waals surface area contributed by atoms with E-state index in [1.54, 1.807) is 0 Å². The van der Waals surface area contributed by atoms with Crippen molar-refractivity contribution in [2.75, 3.05) is 13.2 Å². The van der Waals surface area contributed by atoms with E-state index < -0.39 is 6.10 Å². The summed E-state index contributed by atoms with van der Waals surface area (Å²) < 4.78 is 11.2. The lowest BCUT2D eigenvalue weighted by atomic mass is 9.97. The summed E-state index contributed by atoms with van der Waals surface area (Å²) in [6.07, 6.45) is 7.62. The number of ether oxygens (including phenoxy) is 2. The van der Waals surface area contributed by atoms with E-state index in [-0.39, 0.29) is 12.5 Å². The van der Waals surface area contributed by atoms with Crippen LogP contribution in [0.3, 0.4) is 0 Å². The lowest BCUT2D eigenvalue weighted by Gasteiger charge is -2.25. The monoisotopic (exact) mass is 287 g/mol. The first-order valence-electron chi connectivity index (χ1n) is 7.67. The molecule has 0 saturated heterocycles. The molecule has 21 heavy (non-hydrogen) atoms. The van der Waals surface area contributed by atoms with E-state index in [0.29, 0.717) is 18.0 Å². The number of benzene rings is 1. The molecule has 1 aromatic rings. The fourth-order valence-corrected chi connectivity index (χ4v) is 2.74. The molecular weight excluding hydrogens is 266 g/mol. The number of carbonyl (C=O) groups is 1. The Kier molecular flexibility index (Phi) is 4.43. The van der Waals surface area contributed by atoms with E-state index >= 15 is 0 Å². The summed E-state index contributed by atoms with van der Waals surface area (Å²) in [4.78, 5) is 12.1. The minimum atomic E-state index is -0.555. The predicted octanol–water partition coefficient (Wildman–Crippen LogP) is 2.83. The molecule has 0 aromatic heterocycles. The van der Waals surface area contributed by atoms with Gasteiger partial charge in [0.15, 0.2) is 11.5 Å². The molecule has 1 aromatic carbocycles. The van der Waals surface area contributed by atoms with Crippen LogP contribution in [0.1, 0.15) is 32.1 Å². The molecule has 0 fully saturated rings. The van der Waals surface area contributed by atoms with Crippen molar-refractivity contribution >= 4 is 5.91 Å². The van der Waals surface area contributed by atoms with Gasteiger partial charge in [-0.2, -0.15) is 0 Å². The molecule has 2 aliphatic rings. The lowest BCUT2D eigenvalue weighted by molar-refractivity contribution is -0.130. The number of carbonyl (C=O) groups excluding carboxylic acids is 1. The van der Waals surface area contributed by atoms with Gasteiger partial charge in [0, 0.05) is 6.54 Å². The predicted molar refractivity (Wildman–Crippen MR) is 80.5 cm³/mol. The number of rotatable bonds is 4. The maximum absolute atomic E-state index is 12.1. The lowest BCUT2D eigenvalue weighted by Crippen LogP contribution is -2.44. The van der Waals surface area contributed by atoms with E-state index in [2.05, 4.69) is 11.4 Å². The van der Waals surface area contributed by atoms with Crippen LogP contribution in [0.5, 0.6) is 11.5 Å². The average Bonchev–Trinajstić information content (AvgIpc) is 2.55. The second-order valence-electron chi connectivity index (χ2n) is 5.51. The molecule has 0 spiro atoms. The third-order valence-electron chi connectivity index (χ3n) is 3.93. The van der Waals surface area contributed by atoms with Crippen molar-refractivity contribution in [3.63, 3.8) is 0 Å². The van der Waals surface area contributed by atoms with Gasteiger partial charge in [-0.3, -0.25) is 4.79 Å². The smallest absolute Gasteiger partial charge is 0.264 e. The van der Waals surface area contributed by atoms with Crippen molar-refractivity contribution in [1.29, 1.82) is 0 Å². The maximum atomic E-state index is 12.1. The number of hydrogen-bond acceptors (Lipinski definition) is 3. The number of allylic oxidation sites excluding steroid dienone is 1. The summed E-state index contributed by atoms with van der Waals surface area (Å²) in [5.74, 6) is 1.24. The normalized spacial score (nSPS) is 20.6. The van der Waals surface area contributed by atoms with Crippen LogP contribution < -0.4 is 14.8 Å². The van der Waals surface area contributed by atoms with Gasteiger partial charge in [0.1, 0.15) is 6.61 Å². The molecule has 4 heteroatoms. The van der Waals surface area contributed by atoms with E-state index in [1.807, 2.05) is 24.3 Å². The third kappa shape index (κ3) is 3.57. The Morgan fingerprint density at radius 3 is 2.90 bits per heavy atom. The Hall–Kier alpha value is -1.97. The first-order valence-corrected chi connectivity index (χ1v) is 7.67. The molecule has 3 rings (SSSR count). The average molecular weight is 287 g/mol. The standard InChI is InChI=1S/C17H21NO3/c19-17(18-11-10-13-6-2-1-3-7-13)16-12-20-14-8-4-5-9-15(14)21-16/h4-6,8-9,16H,1-3,7,10-12H2,(H,18,19)/t16-/m1/s1. The fraction of sp³-hybridized carbons (Fsp3) is 0.471. The summed E-state index contributed by atoms with van der Waals surface area (Å²) in [6, 6.07) is 7.43.